The fourth-order valence-corrected chi connectivity index (χ4v) is 3.23. The maximum Gasteiger partial charge on any atom is 0.248 e. The highest BCUT2D eigenvalue weighted by Crippen LogP contribution is 2.13. The number of guanidine groups is 1. The third-order valence-corrected chi connectivity index (χ3v) is 4.54. The summed E-state index contributed by atoms with van der Waals surface area (Å²) in [4.78, 5) is 16.9. The Kier molecular flexibility index (Phi) is 9.51. The Morgan fingerprint density at radius 1 is 1.28 bits per heavy atom. The van der Waals surface area contributed by atoms with Crippen LogP contribution in [0.25, 0.3) is 0 Å². The molecule has 0 aliphatic carbocycles. The molecule has 1 unspecified atom stereocenters. The first-order chi connectivity index (χ1) is 11.6. The minimum atomic E-state index is -0.415. The van der Waals surface area contributed by atoms with Gasteiger partial charge in [0, 0.05) is 30.6 Å². The Morgan fingerprint density at radius 3 is 2.72 bits per heavy atom. The van der Waals surface area contributed by atoms with Crippen molar-refractivity contribution in [3.63, 3.8) is 0 Å². The van der Waals surface area contributed by atoms with E-state index in [1.165, 1.54) is 4.88 Å². The quantitative estimate of drug-likeness (QED) is 0.329. The molecule has 1 aromatic carbocycles. The van der Waals surface area contributed by atoms with Crippen LogP contribution >= 0.6 is 35.3 Å². The molecule has 0 saturated carbocycles. The number of thiophene rings is 1. The summed E-state index contributed by atoms with van der Waals surface area (Å²) in [7, 11) is 1.75. The summed E-state index contributed by atoms with van der Waals surface area (Å²) in [6.45, 7) is 3.65. The van der Waals surface area contributed by atoms with Crippen molar-refractivity contribution in [1.29, 1.82) is 0 Å². The van der Waals surface area contributed by atoms with E-state index in [9.17, 15) is 4.79 Å². The van der Waals surface area contributed by atoms with Gasteiger partial charge in [-0.05, 0) is 41.5 Å². The molecule has 0 spiro atoms. The smallest absolute Gasteiger partial charge is 0.248 e. The molecule has 2 aromatic rings. The van der Waals surface area contributed by atoms with Crippen molar-refractivity contribution in [2.75, 3.05) is 13.6 Å². The van der Waals surface area contributed by atoms with Gasteiger partial charge < -0.3 is 16.4 Å². The molecule has 2 rings (SSSR count). The number of nitrogens with zero attached hydrogens (tertiary/aromatic N) is 1. The second-order valence-corrected chi connectivity index (χ2v) is 6.79. The molecule has 25 heavy (non-hydrogen) atoms. The molecule has 5 nitrogen and oxygen atoms in total. The van der Waals surface area contributed by atoms with E-state index in [0.717, 1.165) is 24.5 Å². The van der Waals surface area contributed by atoms with Crippen LogP contribution in [0.1, 0.15) is 27.7 Å². The average molecular weight is 472 g/mol. The molecule has 0 fully saturated rings. The van der Waals surface area contributed by atoms with Gasteiger partial charge in [0.2, 0.25) is 5.91 Å². The van der Waals surface area contributed by atoms with Gasteiger partial charge in [0.25, 0.3) is 0 Å². The maximum absolute atomic E-state index is 11.2. The second kappa shape index (κ2) is 11.1. The summed E-state index contributed by atoms with van der Waals surface area (Å²) >= 11 is 1.79. The number of aliphatic imine (C=N–C) groups is 1. The zero-order chi connectivity index (χ0) is 17.4. The Morgan fingerprint density at radius 2 is 2.08 bits per heavy atom. The third-order valence-electron chi connectivity index (χ3n) is 3.64. The molecule has 136 valence electrons. The number of amides is 1. The van der Waals surface area contributed by atoms with E-state index in [4.69, 9.17) is 5.73 Å². The molecule has 7 heteroatoms. The van der Waals surface area contributed by atoms with E-state index >= 15 is 0 Å². The van der Waals surface area contributed by atoms with Gasteiger partial charge in [-0.1, -0.05) is 25.1 Å². The van der Waals surface area contributed by atoms with E-state index in [2.05, 4.69) is 40.1 Å². The first-order valence-electron chi connectivity index (χ1n) is 7.94. The Bertz CT molecular complexity index is 688. The maximum atomic E-state index is 11.2. The zero-order valence-electron chi connectivity index (χ0n) is 14.5. The number of rotatable bonds is 7. The van der Waals surface area contributed by atoms with Gasteiger partial charge in [-0.3, -0.25) is 9.79 Å². The van der Waals surface area contributed by atoms with Crippen molar-refractivity contribution in [3.05, 3.63) is 57.8 Å². The molecule has 0 aliphatic heterocycles. The Hall–Kier alpha value is -1.61. The highest BCUT2D eigenvalue weighted by atomic mass is 127. The molecule has 1 aromatic heterocycles. The monoisotopic (exact) mass is 472 g/mol. The number of hydrogen-bond donors (Lipinski definition) is 3. The van der Waals surface area contributed by atoms with Crippen LogP contribution in [0.4, 0.5) is 0 Å². The first-order valence-corrected chi connectivity index (χ1v) is 8.82. The lowest BCUT2D eigenvalue weighted by Gasteiger charge is -2.16. The van der Waals surface area contributed by atoms with Gasteiger partial charge in [0.1, 0.15) is 0 Å². The van der Waals surface area contributed by atoms with E-state index in [1.807, 2.05) is 12.1 Å². The van der Waals surface area contributed by atoms with Crippen molar-refractivity contribution < 1.29 is 4.79 Å². The lowest BCUT2D eigenvalue weighted by atomic mass is 10.1. The average Bonchev–Trinajstić information content (AvgIpc) is 3.08. The van der Waals surface area contributed by atoms with Gasteiger partial charge in [0.05, 0.1) is 0 Å². The molecular formula is C18H25IN4OS. The third kappa shape index (κ3) is 7.43. The van der Waals surface area contributed by atoms with Crippen LogP contribution < -0.4 is 16.4 Å². The highest BCUT2D eigenvalue weighted by Gasteiger charge is 2.07. The molecule has 1 amide bonds. The molecule has 1 heterocycles. The minimum absolute atomic E-state index is 0. The van der Waals surface area contributed by atoms with Crippen molar-refractivity contribution in [1.82, 2.24) is 10.6 Å². The number of nitrogens with one attached hydrogen (secondary N) is 2. The number of halogens is 1. The number of hydrogen-bond acceptors (Lipinski definition) is 3. The van der Waals surface area contributed by atoms with E-state index in [1.54, 1.807) is 30.5 Å². The van der Waals surface area contributed by atoms with Gasteiger partial charge in [-0.15, -0.1) is 35.3 Å². The number of benzene rings is 1. The fraction of sp³-hybridized carbons (Fsp3) is 0.333. The van der Waals surface area contributed by atoms with Crippen LogP contribution in [0.15, 0.2) is 46.8 Å². The lowest BCUT2D eigenvalue weighted by molar-refractivity contribution is 0.1000. The molecule has 0 aliphatic rings. The number of carbonyl (C=O) groups is 1. The molecule has 0 radical (unpaired) electrons. The molecule has 0 bridgehead atoms. The first kappa shape index (κ1) is 21.4. The largest absolute Gasteiger partial charge is 0.366 e. The second-order valence-electron chi connectivity index (χ2n) is 5.76. The normalized spacial score (nSPS) is 12.2. The summed E-state index contributed by atoms with van der Waals surface area (Å²) in [6.07, 6.45) is 1.06. The van der Waals surface area contributed by atoms with Crippen LogP contribution in [-0.4, -0.2) is 25.5 Å². The predicted octanol–water partition coefficient (Wildman–Crippen LogP) is 3.01. The fourth-order valence-electron chi connectivity index (χ4n) is 2.36. The van der Waals surface area contributed by atoms with E-state index in [-0.39, 0.29) is 24.0 Å². The van der Waals surface area contributed by atoms with Crippen molar-refractivity contribution >= 4 is 47.2 Å². The summed E-state index contributed by atoms with van der Waals surface area (Å²) < 4.78 is 0. The van der Waals surface area contributed by atoms with E-state index in [0.29, 0.717) is 18.0 Å². The van der Waals surface area contributed by atoms with Crippen LogP contribution in [-0.2, 0) is 13.0 Å². The summed E-state index contributed by atoms with van der Waals surface area (Å²) in [5, 5.41) is 8.70. The summed E-state index contributed by atoms with van der Waals surface area (Å²) in [5.74, 6) is 0.847. The number of primary amides is 1. The number of nitrogens with two attached hydrogens (primary N) is 1. The van der Waals surface area contributed by atoms with Crippen LogP contribution in [0.3, 0.4) is 0 Å². The van der Waals surface area contributed by atoms with Crippen LogP contribution in [0.2, 0.25) is 0 Å². The molecule has 0 saturated heterocycles. The Labute approximate surface area is 170 Å². The molecule has 4 N–H and O–H groups in total. The standard InChI is InChI=1S/C18H24N4OS.HI/c1-13(9-16-7-4-8-24-16)11-21-18(20-2)22-12-14-5-3-6-15(10-14)17(19)23;/h3-8,10,13H,9,11-12H2,1-2H3,(H2,19,23)(H2,20,21,22);1H. The summed E-state index contributed by atoms with van der Waals surface area (Å²) in [6, 6.07) is 11.5. The Balaban J connectivity index is 0.00000312. The van der Waals surface area contributed by atoms with E-state index < -0.39 is 5.91 Å². The molecular weight excluding hydrogens is 447 g/mol. The van der Waals surface area contributed by atoms with Gasteiger partial charge in [-0.2, -0.15) is 0 Å². The number of carbonyl (C=O) groups excluding carboxylic acids is 1. The van der Waals surface area contributed by atoms with Crippen LogP contribution in [0, 0.1) is 5.92 Å². The summed E-state index contributed by atoms with van der Waals surface area (Å²) in [5.41, 5.74) is 6.81. The predicted molar refractivity (Wildman–Crippen MR) is 116 cm³/mol. The highest BCUT2D eigenvalue weighted by molar-refractivity contribution is 14.0. The zero-order valence-corrected chi connectivity index (χ0v) is 17.6. The van der Waals surface area contributed by atoms with Crippen molar-refractivity contribution in [2.45, 2.75) is 19.9 Å². The topological polar surface area (TPSA) is 79.5 Å². The molecule has 1 atom stereocenters. The minimum Gasteiger partial charge on any atom is -0.366 e. The van der Waals surface area contributed by atoms with Gasteiger partial charge >= 0.3 is 0 Å². The van der Waals surface area contributed by atoms with Gasteiger partial charge in [0.15, 0.2) is 5.96 Å². The van der Waals surface area contributed by atoms with Crippen molar-refractivity contribution in [3.8, 4) is 0 Å². The van der Waals surface area contributed by atoms with Crippen LogP contribution in [0.5, 0.6) is 0 Å². The van der Waals surface area contributed by atoms with Crippen molar-refractivity contribution in [2.24, 2.45) is 16.6 Å². The van der Waals surface area contributed by atoms with Gasteiger partial charge in [-0.25, -0.2) is 0 Å². The SMILES string of the molecule is CN=C(NCc1cccc(C(N)=O)c1)NCC(C)Cc1cccs1.I. The lowest BCUT2D eigenvalue weighted by Crippen LogP contribution is -2.39.